The van der Waals surface area contributed by atoms with E-state index in [2.05, 4.69) is 5.32 Å². The van der Waals surface area contributed by atoms with Crippen molar-refractivity contribution in [1.82, 2.24) is 0 Å². The summed E-state index contributed by atoms with van der Waals surface area (Å²) in [6, 6.07) is 5.76. The molecule has 1 amide bonds. The van der Waals surface area contributed by atoms with E-state index in [4.69, 9.17) is 4.74 Å². The van der Waals surface area contributed by atoms with Gasteiger partial charge in [0.25, 0.3) is 5.91 Å². The number of amides is 1. The standard InChI is InChI=1S/C14H19NO3/c1-9(2)14(17)18-8-13(16)15-12-6-10(3)5-11(4)7-12/h5-7,9H,8H2,1-4H3,(H,15,16). The van der Waals surface area contributed by atoms with Crippen molar-refractivity contribution < 1.29 is 14.3 Å². The smallest absolute Gasteiger partial charge is 0.308 e. The maximum atomic E-state index is 11.6. The molecule has 0 spiro atoms. The number of carbonyl (C=O) groups excluding carboxylic acids is 2. The summed E-state index contributed by atoms with van der Waals surface area (Å²) in [6.45, 7) is 7.13. The van der Waals surface area contributed by atoms with Gasteiger partial charge in [-0.2, -0.15) is 0 Å². The van der Waals surface area contributed by atoms with Crippen LogP contribution in [-0.2, 0) is 14.3 Å². The van der Waals surface area contributed by atoms with E-state index in [1.807, 2.05) is 32.0 Å². The largest absolute Gasteiger partial charge is 0.455 e. The SMILES string of the molecule is Cc1cc(C)cc(NC(=O)COC(=O)C(C)C)c1. The van der Waals surface area contributed by atoms with E-state index < -0.39 is 0 Å². The third-order valence-corrected chi connectivity index (χ3v) is 2.32. The van der Waals surface area contributed by atoms with Gasteiger partial charge in [-0.25, -0.2) is 0 Å². The predicted molar refractivity (Wildman–Crippen MR) is 70.3 cm³/mol. The highest BCUT2D eigenvalue weighted by Crippen LogP contribution is 2.13. The van der Waals surface area contributed by atoms with Crippen LogP contribution in [0.25, 0.3) is 0 Å². The number of rotatable bonds is 4. The fourth-order valence-corrected chi connectivity index (χ4v) is 1.55. The van der Waals surface area contributed by atoms with Crippen molar-refractivity contribution in [3.05, 3.63) is 29.3 Å². The monoisotopic (exact) mass is 249 g/mol. The van der Waals surface area contributed by atoms with Crippen molar-refractivity contribution in [2.45, 2.75) is 27.7 Å². The molecule has 0 aliphatic carbocycles. The van der Waals surface area contributed by atoms with Crippen LogP contribution in [0.5, 0.6) is 0 Å². The minimum Gasteiger partial charge on any atom is -0.455 e. The fourth-order valence-electron chi connectivity index (χ4n) is 1.55. The predicted octanol–water partition coefficient (Wildman–Crippen LogP) is 2.44. The highest BCUT2D eigenvalue weighted by molar-refractivity contribution is 5.93. The summed E-state index contributed by atoms with van der Waals surface area (Å²) in [4.78, 5) is 22.8. The van der Waals surface area contributed by atoms with Gasteiger partial charge in [0, 0.05) is 5.69 Å². The third-order valence-electron chi connectivity index (χ3n) is 2.32. The third kappa shape index (κ3) is 4.57. The number of hydrogen-bond acceptors (Lipinski definition) is 3. The fraction of sp³-hybridized carbons (Fsp3) is 0.429. The second-order valence-corrected chi connectivity index (χ2v) is 4.69. The average molecular weight is 249 g/mol. The molecule has 98 valence electrons. The van der Waals surface area contributed by atoms with Crippen LogP contribution in [0.15, 0.2) is 18.2 Å². The minimum atomic E-state index is -0.370. The van der Waals surface area contributed by atoms with Crippen molar-refractivity contribution in [3.63, 3.8) is 0 Å². The molecule has 0 unspecified atom stereocenters. The lowest BCUT2D eigenvalue weighted by Crippen LogP contribution is -2.22. The van der Waals surface area contributed by atoms with Crippen LogP contribution >= 0.6 is 0 Å². The molecule has 1 aromatic rings. The molecule has 4 heteroatoms. The van der Waals surface area contributed by atoms with Crippen LogP contribution in [-0.4, -0.2) is 18.5 Å². The van der Waals surface area contributed by atoms with E-state index in [1.54, 1.807) is 13.8 Å². The Hall–Kier alpha value is -1.84. The van der Waals surface area contributed by atoms with Gasteiger partial charge < -0.3 is 10.1 Å². The Morgan fingerprint density at radius 2 is 1.72 bits per heavy atom. The molecule has 0 heterocycles. The van der Waals surface area contributed by atoms with Gasteiger partial charge in [0.15, 0.2) is 6.61 Å². The topological polar surface area (TPSA) is 55.4 Å². The number of aryl methyl sites for hydroxylation is 2. The summed E-state index contributed by atoms with van der Waals surface area (Å²) in [5.41, 5.74) is 2.87. The van der Waals surface area contributed by atoms with Crippen molar-refractivity contribution in [3.8, 4) is 0 Å². The molecule has 0 aliphatic rings. The molecule has 0 atom stereocenters. The van der Waals surface area contributed by atoms with Crippen LogP contribution in [0.3, 0.4) is 0 Å². The lowest BCUT2D eigenvalue weighted by Gasteiger charge is -2.09. The van der Waals surface area contributed by atoms with E-state index in [0.29, 0.717) is 0 Å². The first kappa shape index (κ1) is 14.2. The molecule has 1 rings (SSSR count). The summed E-state index contributed by atoms with van der Waals surface area (Å²) in [6.07, 6.45) is 0. The summed E-state index contributed by atoms with van der Waals surface area (Å²) >= 11 is 0. The number of benzene rings is 1. The van der Waals surface area contributed by atoms with Gasteiger partial charge in [0.1, 0.15) is 0 Å². The van der Waals surface area contributed by atoms with Gasteiger partial charge in [-0.3, -0.25) is 9.59 Å². The molecule has 0 fully saturated rings. The van der Waals surface area contributed by atoms with Gasteiger partial charge in [-0.15, -0.1) is 0 Å². The number of ether oxygens (including phenoxy) is 1. The Morgan fingerprint density at radius 3 is 2.22 bits per heavy atom. The number of anilines is 1. The molecule has 4 nitrogen and oxygen atoms in total. The van der Waals surface area contributed by atoms with Gasteiger partial charge in [0.2, 0.25) is 0 Å². The zero-order chi connectivity index (χ0) is 13.7. The minimum absolute atomic E-state index is 0.223. The van der Waals surface area contributed by atoms with Gasteiger partial charge >= 0.3 is 5.97 Å². The molecule has 0 saturated carbocycles. The lowest BCUT2D eigenvalue weighted by atomic mass is 10.1. The van der Waals surface area contributed by atoms with Crippen LogP contribution in [0, 0.1) is 19.8 Å². The van der Waals surface area contributed by atoms with E-state index >= 15 is 0 Å². The number of nitrogens with one attached hydrogen (secondary N) is 1. The zero-order valence-electron chi connectivity index (χ0n) is 11.2. The Kier molecular flexibility index (Phi) is 4.89. The van der Waals surface area contributed by atoms with Crippen LogP contribution < -0.4 is 5.32 Å². The Balaban J connectivity index is 2.52. The molecule has 1 aromatic carbocycles. The Bertz CT molecular complexity index is 432. The molecule has 0 aliphatic heterocycles. The van der Waals surface area contributed by atoms with E-state index in [9.17, 15) is 9.59 Å². The molecular formula is C14H19NO3. The highest BCUT2D eigenvalue weighted by atomic mass is 16.5. The maximum Gasteiger partial charge on any atom is 0.308 e. The molecule has 18 heavy (non-hydrogen) atoms. The van der Waals surface area contributed by atoms with E-state index in [-0.39, 0.29) is 24.4 Å². The van der Waals surface area contributed by atoms with Gasteiger partial charge in [0.05, 0.1) is 5.92 Å². The molecule has 1 N–H and O–H groups in total. The van der Waals surface area contributed by atoms with Crippen molar-refractivity contribution in [2.75, 3.05) is 11.9 Å². The quantitative estimate of drug-likeness (QED) is 0.834. The van der Waals surface area contributed by atoms with Crippen LogP contribution in [0.4, 0.5) is 5.69 Å². The van der Waals surface area contributed by atoms with E-state index in [0.717, 1.165) is 16.8 Å². The first-order valence-corrected chi connectivity index (χ1v) is 5.93. The second-order valence-electron chi connectivity index (χ2n) is 4.69. The number of hydrogen-bond donors (Lipinski definition) is 1. The highest BCUT2D eigenvalue weighted by Gasteiger charge is 2.11. The van der Waals surface area contributed by atoms with Crippen molar-refractivity contribution >= 4 is 17.6 Å². The Morgan fingerprint density at radius 1 is 1.17 bits per heavy atom. The first-order chi connectivity index (χ1) is 8.38. The van der Waals surface area contributed by atoms with Crippen LogP contribution in [0.1, 0.15) is 25.0 Å². The lowest BCUT2D eigenvalue weighted by molar-refractivity contribution is -0.150. The molecule has 0 saturated heterocycles. The number of esters is 1. The van der Waals surface area contributed by atoms with Crippen molar-refractivity contribution in [2.24, 2.45) is 5.92 Å². The molecule has 0 radical (unpaired) electrons. The summed E-state index contributed by atoms with van der Waals surface area (Å²) in [5, 5.41) is 2.70. The number of carbonyl (C=O) groups is 2. The zero-order valence-corrected chi connectivity index (χ0v) is 11.2. The van der Waals surface area contributed by atoms with Crippen LogP contribution in [0.2, 0.25) is 0 Å². The summed E-state index contributed by atoms with van der Waals surface area (Å²) in [7, 11) is 0. The van der Waals surface area contributed by atoms with Gasteiger partial charge in [-0.05, 0) is 37.1 Å². The summed E-state index contributed by atoms with van der Waals surface area (Å²) in [5.74, 6) is -0.918. The average Bonchev–Trinajstić information content (AvgIpc) is 2.24. The van der Waals surface area contributed by atoms with Gasteiger partial charge in [-0.1, -0.05) is 19.9 Å². The summed E-state index contributed by atoms with van der Waals surface area (Å²) < 4.78 is 4.85. The maximum absolute atomic E-state index is 11.6. The molecule has 0 bridgehead atoms. The normalized spacial score (nSPS) is 10.3. The molecule has 0 aromatic heterocycles. The first-order valence-electron chi connectivity index (χ1n) is 5.93. The van der Waals surface area contributed by atoms with E-state index in [1.165, 1.54) is 0 Å². The van der Waals surface area contributed by atoms with Crippen molar-refractivity contribution in [1.29, 1.82) is 0 Å². The second kappa shape index (κ2) is 6.19. The molecular weight excluding hydrogens is 230 g/mol. The Labute approximate surface area is 107 Å².